The van der Waals surface area contributed by atoms with Gasteiger partial charge in [0.1, 0.15) is 16.7 Å². The Kier molecular flexibility index (Phi) is 5.55. The third-order valence-electron chi connectivity index (χ3n) is 6.04. The Morgan fingerprint density at radius 3 is 2.68 bits per heavy atom. The van der Waals surface area contributed by atoms with Crippen molar-refractivity contribution in [2.45, 2.75) is 18.9 Å². The molecule has 0 atom stereocenters. The van der Waals surface area contributed by atoms with E-state index in [1.807, 2.05) is 24.2 Å². The van der Waals surface area contributed by atoms with Crippen molar-refractivity contribution in [3.05, 3.63) is 75.2 Å². The van der Waals surface area contributed by atoms with E-state index in [1.54, 1.807) is 22.9 Å². The van der Waals surface area contributed by atoms with Crippen LogP contribution in [-0.4, -0.2) is 38.5 Å². The molecule has 8 nitrogen and oxygen atoms in total. The van der Waals surface area contributed by atoms with Gasteiger partial charge in [0.15, 0.2) is 5.82 Å². The number of hydrogen-bond donors (Lipinski definition) is 1. The lowest BCUT2D eigenvalue weighted by atomic mass is 10.1. The van der Waals surface area contributed by atoms with Gasteiger partial charge in [0.25, 0.3) is 5.56 Å². The number of aryl methyl sites for hydroxylation is 1. The van der Waals surface area contributed by atoms with Crippen molar-refractivity contribution in [2.24, 2.45) is 12.8 Å². The number of halogens is 2. The van der Waals surface area contributed by atoms with Gasteiger partial charge < -0.3 is 10.6 Å². The van der Waals surface area contributed by atoms with E-state index in [2.05, 4.69) is 9.94 Å². The molecule has 0 spiro atoms. The van der Waals surface area contributed by atoms with Crippen molar-refractivity contribution in [3.8, 4) is 17.1 Å². The first-order valence-corrected chi connectivity index (χ1v) is 11.2. The number of piperidine rings is 1. The van der Waals surface area contributed by atoms with Crippen molar-refractivity contribution in [1.82, 2.24) is 19.3 Å². The SMILES string of the molecule is [C-]#[N+]c1ccc(-c2nc(N3CCC(N)CC3)c(Cl)c(=O)n2-c2ccc3nn(C)cc3c2)cc1F. The quantitative estimate of drug-likeness (QED) is 0.450. The van der Waals surface area contributed by atoms with Gasteiger partial charge >= 0.3 is 0 Å². The van der Waals surface area contributed by atoms with E-state index in [1.165, 1.54) is 16.7 Å². The van der Waals surface area contributed by atoms with Gasteiger partial charge in [0, 0.05) is 43.3 Å². The van der Waals surface area contributed by atoms with E-state index in [0.717, 1.165) is 23.7 Å². The van der Waals surface area contributed by atoms with Gasteiger partial charge in [-0.15, -0.1) is 0 Å². The molecular formula is C24H21ClFN7O. The lowest BCUT2D eigenvalue weighted by Gasteiger charge is -2.32. The van der Waals surface area contributed by atoms with Gasteiger partial charge in [-0.05, 0) is 37.1 Å². The molecule has 1 fully saturated rings. The van der Waals surface area contributed by atoms with Crippen LogP contribution < -0.4 is 16.2 Å². The Morgan fingerprint density at radius 2 is 1.97 bits per heavy atom. The highest BCUT2D eigenvalue weighted by Gasteiger charge is 2.25. The molecule has 1 aliphatic heterocycles. The van der Waals surface area contributed by atoms with Crippen molar-refractivity contribution in [2.75, 3.05) is 18.0 Å². The number of fused-ring (bicyclic) bond motifs is 1. The molecule has 1 aliphatic rings. The molecule has 0 saturated carbocycles. The monoisotopic (exact) mass is 477 g/mol. The molecule has 10 heteroatoms. The zero-order valence-electron chi connectivity index (χ0n) is 18.4. The molecule has 2 aromatic heterocycles. The van der Waals surface area contributed by atoms with E-state index >= 15 is 0 Å². The molecular weight excluding hydrogens is 457 g/mol. The first-order valence-electron chi connectivity index (χ1n) is 10.8. The highest BCUT2D eigenvalue weighted by molar-refractivity contribution is 6.32. The van der Waals surface area contributed by atoms with Gasteiger partial charge in [-0.1, -0.05) is 23.7 Å². The van der Waals surface area contributed by atoms with Crippen molar-refractivity contribution in [1.29, 1.82) is 0 Å². The molecule has 2 aromatic carbocycles. The van der Waals surface area contributed by atoms with Gasteiger partial charge in [-0.25, -0.2) is 14.2 Å². The number of nitrogens with two attached hydrogens (primary N) is 1. The zero-order chi connectivity index (χ0) is 24.0. The lowest BCUT2D eigenvalue weighted by Crippen LogP contribution is -2.41. The summed E-state index contributed by atoms with van der Waals surface area (Å²) < 4.78 is 17.6. The van der Waals surface area contributed by atoms with E-state index in [9.17, 15) is 9.18 Å². The minimum absolute atomic E-state index is 0.0104. The summed E-state index contributed by atoms with van der Waals surface area (Å²) in [4.78, 5) is 23.5. The first kappa shape index (κ1) is 22.1. The number of anilines is 1. The van der Waals surface area contributed by atoms with Crippen LogP contribution >= 0.6 is 11.6 Å². The highest BCUT2D eigenvalue weighted by Crippen LogP contribution is 2.31. The molecule has 5 rings (SSSR count). The Hall–Kier alpha value is -3.74. The van der Waals surface area contributed by atoms with Crippen LogP contribution in [0.5, 0.6) is 0 Å². The Labute approximate surface area is 199 Å². The minimum atomic E-state index is -0.684. The van der Waals surface area contributed by atoms with Crippen molar-refractivity contribution in [3.63, 3.8) is 0 Å². The number of benzene rings is 2. The summed E-state index contributed by atoms with van der Waals surface area (Å²) in [6.45, 7) is 8.36. The maximum absolute atomic E-state index is 14.6. The molecule has 0 radical (unpaired) electrons. The number of rotatable bonds is 3. The molecule has 172 valence electrons. The fraction of sp³-hybridized carbons (Fsp3) is 0.250. The van der Waals surface area contributed by atoms with E-state index < -0.39 is 11.4 Å². The third-order valence-corrected chi connectivity index (χ3v) is 6.37. The smallest absolute Gasteiger partial charge is 0.279 e. The second-order valence-corrected chi connectivity index (χ2v) is 8.74. The Bertz CT molecular complexity index is 1510. The first-order chi connectivity index (χ1) is 16.4. The zero-order valence-corrected chi connectivity index (χ0v) is 19.1. The molecule has 4 aromatic rings. The van der Waals surface area contributed by atoms with Crippen LogP contribution in [0.1, 0.15) is 12.8 Å². The maximum Gasteiger partial charge on any atom is 0.279 e. The standard InChI is InChI=1S/C24H21ClFN7O/c1-28-20-5-3-14(12-18(20)26)22-29-23(32-9-7-16(27)8-10-32)21(25)24(34)33(22)17-4-6-19-15(11-17)13-31(2)30-19/h3-6,11-13,16H,7-10,27H2,2H3. The van der Waals surface area contributed by atoms with Crippen molar-refractivity contribution < 1.29 is 4.39 Å². The van der Waals surface area contributed by atoms with Crippen LogP contribution in [0.4, 0.5) is 15.9 Å². The third kappa shape index (κ3) is 3.81. The summed E-state index contributed by atoms with van der Waals surface area (Å²) in [6.07, 6.45) is 3.35. The second-order valence-electron chi connectivity index (χ2n) is 8.36. The molecule has 0 bridgehead atoms. The molecule has 1 saturated heterocycles. The topological polar surface area (TPSA) is 86.3 Å². The second kappa shape index (κ2) is 8.56. The average molecular weight is 478 g/mol. The fourth-order valence-electron chi connectivity index (χ4n) is 4.26. The predicted octanol–water partition coefficient (Wildman–Crippen LogP) is 4.06. The average Bonchev–Trinajstić information content (AvgIpc) is 3.20. The van der Waals surface area contributed by atoms with Gasteiger partial charge in [0.05, 0.1) is 17.8 Å². The van der Waals surface area contributed by atoms with Crippen LogP contribution in [-0.2, 0) is 7.05 Å². The largest absolute Gasteiger partial charge is 0.355 e. The summed E-state index contributed by atoms with van der Waals surface area (Å²) in [7, 11) is 1.82. The molecule has 2 N–H and O–H groups in total. The van der Waals surface area contributed by atoms with Gasteiger partial charge in [-0.2, -0.15) is 5.10 Å². The molecule has 0 unspecified atom stereocenters. The Balaban J connectivity index is 1.75. The van der Waals surface area contributed by atoms with Crippen LogP contribution in [0.25, 0.3) is 32.8 Å². The summed E-state index contributed by atoms with van der Waals surface area (Å²) in [6, 6.07) is 9.65. The number of hydrogen-bond acceptors (Lipinski definition) is 5. The maximum atomic E-state index is 14.6. The van der Waals surface area contributed by atoms with Crippen LogP contribution in [0.2, 0.25) is 5.02 Å². The van der Waals surface area contributed by atoms with Crippen LogP contribution in [0, 0.1) is 12.4 Å². The minimum Gasteiger partial charge on any atom is -0.355 e. The number of aromatic nitrogens is 4. The summed E-state index contributed by atoms with van der Waals surface area (Å²) in [5.74, 6) is -0.101. The summed E-state index contributed by atoms with van der Waals surface area (Å²) in [5, 5.41) is 5.19. The van der Waals surface area contributed by atoms with Crippen LogP contribution in [0.3, 0.4) is 0 Å². The Morgan fingerprint density at radius 1 is 1.21 bits per heavy atom. The number of nitrogens with zero attached hydrogens (tertiary/aromatic N) is 6. The van der Waals surface area contributed by atoms with E-state index in [0.29, 0.717) is 30.2 Å². The summed E-state index contributed by atoms with van der Waals surface area (Å²) in [5.41, 5.74) is 7.13. The van der Waals surface area contributed by atoms with Gasteiger partial charge in [-0.3, -0.25) is 14.0 Å². The molecule has 0 aliphatic carbocycles. The summed E-state index contributed by atoms with van der Waals surface area (Å²) >= 11 is 6.58. The molecule has 3 heterocycles. The lowest BCUT2D eigenvalue weighted by molar-refractivity contribution is 0.498. The van der Waals surface area contributed by atoms with E-state index in [4.69, 9.17) is 28.9 Å². The van der Waals surface area contributed by atoms with E-state index in [-0.39, 0.29) is 22.6 Å². The molecule has 0 amide bonds. The normalized spacial score (nSPS) is 14.5. The van der Waals surface area contributed by atoms with Crippen molar-refractivity contribution >= 4 is 34.0 Å². The molecule has 34 heavy (non-hydrogen) atoms. The fourth-order valence-corrected chi connectivity index (χ4v) is 4.50. The van der Waals surface area contributed by atoms with Crippen LogP contribution in [0.15, 0.2) is 47.4 Å². The predicted molar refractivity (Wildman–Crippen MR) is 130 cm³/mol. The van der Waals surface area contributed by atoms with Gasteiger partial charge in [0.2, 0.25) is 5.69 Å². The highest BCUT2D eigenvalue weighted by atomic mass is 35.5.